The summed E-state index contributed by atoms with van der Waals surface area (Å²) in [6, 6.07) is 0. The third-order valence-electron chi connectivity index (χ3n) is 1.80. The minimum atomic E-state index is -0.348. The fraction of sp³-hybridized carbons (Fsp3) is 0.889. The SMILES string of the molecule is CC(C)(C)OC(=O)[C@H]1CCNC1.Cl. The highest BCUT2D eigenvalue weighted by Crippen LogP contribution is 2.15. The third-order valence-corrected chi connectivity index (χ3v) is 1.80. The van der Waals surface area contributed by atoms with Crippen LogP contribution >= 0.6 is 12.4 Å². The van der Waals surface area contributed by atoms with Gasteiger partial charge < -0.3 is 10.1 Å². The van der Waals surface area contributed by atoms with E-state index in [9.17, 15) is 4.79 Å². The zero-order valence-corrected chi connectivity index (χ0v) is 9.24. The molecule has 1 heterocycles. The molecule has 0 radical (unpaired) electrons. The minimum absolute atomic E-state index is 0. The predicted octanol–water partition coefficient (Wildman–Crippen LogP) is 1.36. The first kappa shape index (κ1) is 12.7. The molecular weight excluding hydrogens is 190 g/mol. The van der Waals surface area contributed by atoms with Crippen molar-refractivity contribution in [3.63, 3.8) is 0 Å². The van der Waals surface area contributed by atoms with Gasteiger partial charge in [-0.2, -0.15) is 0 Å². The van der Waals surface area contributed by atoms with Crippen LogP contribution in [0.2, 0.25) is 0 Å². The summed E-state index contributed by atoms with van der Waals surface area (Å²) in [5, 5.41) is 3.14. The molecule has 0 aliphatic carbocycles. The van der Waals surface area contributed by atoms with Crippen molar-refractivity contribution >= 4 is 18.4 Å². The van der Waals surface area contributed by atoms with Crippen molar-refractivity contribution < 1.29 is 9.53 Å². The van der Waals surface area contributed by atoms with Gasteiger partial charge in [-0.15, -0.1) is 12.4 Å². The maximum absolute atomic E-state index is 11.4. The van der Waals surface area contributed by atoms with Gasteiger partial charge in [-0.3, -0.25) is 4.79 Å². The average molecular weight is 208 g/mol. The zero-order chi connectivity index (χ0) is 9.19. The molecule has 13 heavy (non-hydrogen) atoms. The first-order chi connectivity index (χ1) is 5.49. The van der Waals surface area contributed by atoms with Crippen LogP contribution < -0.4 is 5.32 Å². The van der Waals surface area contributed by atoms with E-state index in [1.807, 2.05) is 20.8 Å². The Labute approximate surface area is 85.6 Å². The first-order valence-corrected chi connectivity index (χ1v) is 4.42. The van der Waals surface area contributed by atoms with Crippen LogP contribution in [0.3, 0.4) is 0 Å². The normalized spacial score (nSPS) is 22.2. The van der Waals surface area contributed by atoms with Crippen LogP contribution in [0, 0.1) is 5.92 Å². The van der Waals surface area contributed by atoms with Crippen LogP contribution in [0.1, 0.15) is 27.2 Å². The van der Waals surface area contributed by atoms with Crippen LogP contribution in [0.15, 0.2) is 0 Å². The van der Waals surface area contributed by atoms with Gasteiger partial charge in [0.05, 0.1) is 5.92 Å². The molecule has 1 rings (SSSR count). The highest BCUT2D eigenvalue weighted by molar-refractivity contribution is 5.85. The Balaban J connectivity index is 0.00000144. The number of esters is 1. The van der Waals surface area contributed by atoms with Crippen molar-refractivity contribution in [2.45, 2.75) is 32.8 Å². The van der Waals surface area contributed by atoms with Gasteiger partial charge in [-0.1, -0.05) is 0 Å². The molecule has 0 spiro atoms. The quantitative estimate of drug-likeness (QED) is 0.660. The Kier molecular flexibility index (Phi) is 4.71. The van der Waals surface area contributed by atoms with Crippen LogP contribution in [-0.2, 0) is 9.53 Å². The molecule has 0 amide bonds. The lowest BCUT2D eigenvalue weighted by Crippen LogP contribution is -2.29. The topological polar surface area (TPSA) is 38.3 Å². The van der Waals surface area contributed by atoms with E-state index in [0.717, 1.165) is 19.5 Å². The monoisotopic (exact) mass is 207 g/mol. The molecule has 0 bridgehead atoms. The Morgan fingerprint density at radius 3 is 2.46 bits per heavy atom. The van der Waals surface area contributed by atoms with E-state index in [2.05, 4.69) is 5.32 Å². The second-order valence-electron chi connectivity index (χ2n) is 4.22. The summed E-state index contributed by atoms with van der Waals surface area (Å²) in [6.07, 6.45) is 0.912. The van der Waals surface area contributed by atoms with Gasteiger partial charge in [0.1, 0.15) is 5.60 Å². The summed E-state index contributed by atoms with van der Waals surface area (Å²) >= 11 is 0. The Bertz CT molecular complexity index is 171. The number of ether oxygens (including phenoxy) is 1. The molecule has 1 aliphatic rings. The first-order valence-electron chi connectivity index (χ1n) is 4.42. The Hall–Kier alpha value is -0.280. The molecule has 0 aromatic heterocycles. The number of rotatable bonds is 1. The van der Waals surface area contributed by atoms with Crippen molar-refractivity contribution in [2.24, 2.45) is 5.92 Å². The smallest absolute Gasteiger partial charge is 0.310 e. The van der Waals surface area contributed by atoms with Crippen LogP contribution in [0.4, 0.5) is 0 Å². The highest BCUT2D eigenvalue weighted by atomic mass is 35.5. The summed E-state index contributed by atoms with van der Waals surface area (Å²) in [6.45, 7) is 7.40. The molecule has 0 saturated carbocycles. The standard InChI is InChI=1S/C9H17NO2.ClH/c1-9(2,3)12-8(11)7-4-5-10-6-7;/h7,10H,4-6H2,1-3H3;1H/t7-;/m0./s1. The molecule has 3 nitrogen and oxygen atoms in total. The fourth-order valence-corrected chi connectivity index (χ4v) is 1.24. The van der Waals surface area contributed by atoms with Gasteiger partial charge in [0.25, 0.3) is 0 Å². The molecule has 1 atom stereocenters. The molecule has 0 unspecified atom stereocenters. The fourth-order valence-electron chi connectivity index (χ4n) is 1.24. The van der Waals surface area contributed by atoms with E-state index in [0.29, 0.717) is 0 Å². The second kappa shape index (κ2) is 4.82. The van der Waals surface area contributed by atoms with Crippen LogP contribution in [0.5, 0.6) is 0 Å². The maximum atomic E-state index is 11.4. The van der Waals surface area contributed by atoms with Gasteiger partial charge in [-0.25, -0.2) is 0 Å². The lowest BCUT2D eigenvalue weighted by molar-refractivity contribution is -0.159. The molecule has 0 aromatic rings. The summed E-state index contributed by atoms with van der Waals surface area (Å²) in [4.78, 5) is 11.4. The zero-order valence-electron chi connectivity index (χ0n) is 8.42. The van der Waals surface area contributed by atoms with Crippen LogP contribution in [0.25, 0.3) is 0 Å². The number of carbonyl (C=O) groups excluding carboxylic acids is 1. The number of nitrogens with one attached hydrogen (secondary N) is 1. The van der Waals surface area contributed by atoms with Crippen LogP contribution in [-0.4, -0.2) is 24.7 Å². The summed E-state index contributed by atoms with van der Waals surface area (Å²) in [5.74, 6) is 0.0109. The van der Waals surface area contributed by atoms with Gasteiger partial charge >= 0.3 is 5.97 Å². The van der Waals surface area contributed by atoms with E-state index in [1.54, 1.807) is 0 Å². The summed E-state index contributed by atoms with van der Waals surface area (Å²) < 4.78 is 5.24. The molecule has 0 aromatic carbocycles. The number of hydrogen-bond acceptors (Lipinski definition) is 3. The molecule has 78 valence electrons. The predicted molar refractivity (Wildman–Crippen MR) is 54.1 cm³/mol. The van der Waals surface area contributed by atoms with Gasteiger partial charge in [-0.05, 0) is 33.7 Å². The highest BCUT2D eigenvalue weighted by Gasteiger charge is 2.27. The molecule has 1 N–H and O–H groups in total. The maximum Gasteiger partial charge on any atom is 0.310 e. The van der Waals surface area contributed by atoms with Crippen molar-refractivity contribution in [2.75, 3.05) is 13.1 Å². The molecular formula is C9H18ClNO2. The lowest BCUT2D eigenvalue weighted by Gasteiger charge is -2.21. The Morgan fingerprint density at radius 1 is 1.46 bits per heavy atom. The molecule has 4 heteroatoms. The lowest BCUT2D eigenvalue weighted by atomic mass is 10.1. The van der Waals surface area contributed by atoms with Gasteiger partial charge in [0, 0.05) is 6.54 Å². The van der Waals surface area contributed by atoms with Crippen molar-refractivity contribution in [1.29, 1.82) is 0 Å². The number of halogens is 1. The molecule has 1 aliphatic heterocycles. The van der Waals surface area contributed by atoms with Crippen molar-refractivity contribution in [3.05, 3.63) is 0 Å². The number of hydrogen-bond donors (Lipinski definition) is 1. The average Bonchev–Trinajstić information content (AvgIpc) is 2.32. The largest absolute Gasteiger partial charge is 0.460 e. The van der Waals surface area contributed by atoms with Crippen molar-refractivity contribution in [1.82, 2.24) is 5.32 Å². The number of carbonyl (C=O) groups is 1. The van der Waals surface area contributed by atoms with Gasteiger partial charge in [0.15, 0.2) is 0 Å². The summed E-state index contributed by atoms with van der Waals surface area (Å²) in [7, 11) is 0. The van der Waals surface area contributed by atoms with E-state index in [-0.39, 0.29) is 29.9 Å². The van der Waals surface area contributed by atoms with E-state index in [1.165, 1.54) is 0 Å². The molecule has 1 fully saturated rings. The van der Waals surface area contributed by atoms with Crippen molar-refractivity contribution in [3.8, 4) is 0 Å². The Morgan fingerprint density at radius 2 is 2.08 bits per heavy atom. The van der Waals surface area contributed by atoms with E-state index in [4.69, 9.17) is 4.74 Å². The summed E-state index contributed by atoms with van der Waals surface area (Å²) in [5.41, 5.74) is -0.348. The minimum Gasteiger partial charge on any atom is -0.460 e. The van der Waals surface area contributed by atoms with E-state index < -0.39 is 0 Å². The third kappa shape index (κ3) is 4.48. The molecule has 1 saturated heterocycles. The van der Waals surface area contributed by atoms with E-state index >= 15 is 0 Å². The second-order valence-corrected chi connectivity index (χ2v) is 4.22. The van der Waals surface area contributed by atoms with Gasteiger partial charge in [0.2, 0.25) is 0 Å².